The van der Waals surface area contributed by atoms with Crippen molar-refractivity contribution in [1.82, 2.24) is 14.8 Å². The third-order valence-electron chi connectivity index (χ3n) is 6.33. The molecule has 2 aromatic rings. The van der Waals surface area contributed by atoms with E-state index in [4.69, 9.17) is 16.3 Å². The lowest BCUT2D eigenvalue weighted by Gasteiger charge is -2.42. The van der Waals surface area contributed by atoms with Gasteiger partial charge in [0.15, 0.2) is 0 Å². The fourth-order valence-corrected chi connectivity index (χ4v) is 5.17. The second-order valence-corrected chi connectivity index (χ2v) is 9.84. The van der Waals surface area contributed by atoms with E-state index >= 15 is 0 Å². The van der Waals surface area contributed by atoms with Gasteiger partial charge in [-0.15, -0.1) is 11.3 Å². The number of carbonyl (C=O) groups is 2. The first-order chi connectivity index (χ1) is 15.0. The first-order valence-electron chi connectivity index (χ1n) is 10.9. The molecule has 2 aliphatic rings. The topological polar surface area (TPSA) is 62.7 Å². The smallest absolute Gasteiger partial charge is 0.265 e. The predicted octanol–water partition coefficient (Wildman–Crippen LogP) is 4.50. The molecule has 1 aromatic carbocycles. The molecule has 0 unspecified atom stereocenters. The number of thiazole rings is 1. The van der Waals surface area contributed by atoms with Gasteiger partial charge in [-0.05, 0) is 50.3 Å². The number of amides is 2. The van der Waals surface area contributed by atoms with Gasteiger partial charge in [-0.3, -0.25) is 14.6 Å². The Kier molecular flexibility index (Phi) is 7.13. The Morgan fingerprint density at radius 2 is 1.87 bits per heavy atom. The number of ether oxygens (including phenoxy) is 1. The zero-order valence-corrected chi connectivity index (χ0v) is 19.2. The number of hydrogen-bond donors (Lipinski definition) is 0. The minimum absolute atomic E-state index is 0.0224. The van der Waals surface area contributed by atoms with E-state index < -0.39 is 0 Å². The summed E-state index contributed by atoms with van der Waals surface area (Å²) in [4.78, 5) is 34.4. The number of nitrogens with zero attached hydrogens (tertiary/aromatic N) is 3. The Morgan fingerprint density at radius 3 is 2.55 bits per heavy atom. The Bertz CT molecular complexity index is 891. The van der Waals surface area contributed by atoms with Gasteiger partial charge < -0.3 is 14.5 Å². The lowest BCUT2D eigenvalue weighted by Crippen LogP contribution is -2.48. The van der Waals surface area contributed by atoms with Crippen LogP contribution in [0.3, 0.4) is 0 Å². The van der Waals surface area contributed by atoms with Crippen molar-refractivity contribution in [2.45, 2.75) is 38.5 Å². The van der Waals surface area contributed by atoms with Crippen LogP contribution in [0.1, 0.15) is 48.2 Å². The molecule has 0 N–H and O–H groups in total. The minimum atomic E-state index is -0.290. The molecule has 0 bridgehead atoms. The zero-order chi connectivity index (χ0) is 21.7. The van der Waals surface area contributed by atoms with Crippen LogP contribution in [-0.2, 0) is 4.79 Å². The summed E-state index contributed by atoms with van der Waals surface area (Å²) in [5.74, 6) is 0.936. The fraction of sp³-hybridized carbons (Fsp3) is 0.522. The molecule has 0 saturated carbocycles. The molecule has 1 aromatic heterocycles. The van der Waals surface area contributed by atoms with E-state index in [1.807, 2.05) is 28.0 Å². The van der Waals surface area contributed by atoms with Gasteiger partial charge >= 0.3 is 0 Å². The molecule has 31 heavy (non-hydrogen) atoms. The number of hydrogen-bond acceptors (Lipinski definition) is 5. The number of aromatic nitrogens is 1. The molecule has 0 radical (unpaired) electrons. The standard InChI is InChI=1S/C23H28ClN3O3S/c24-18-5-4-6-19(13-18)30-16-23(14-21(28)26-9-2-1-3-10-26)7-11-27(12-8-23)22(29)20-15-25-17-31-20/h4-6,13,15,17H,1-3,7-12,14,16H2. The molecule has 6 nitrogen and oxygen atoms in total. The van der Waals surface area contributed by atoms with Gasteiger partial charge in [0.1, 0.15) is 10.6 Å². The summed E-state index contributed by atoms with van der Waals surface area (Å²) >= 11 is 7.46. The van der Waals surface area contributed by atoms with Gasteiger partial charge in [-0.25, -0.2) is 0 Å². The molecule has 2 fully saturated rings. The number of rotatable bonds is 6. The van der Waals surface area contributed by atoms with Gasteiger partial charge in [0.25, 0.3) is 5.91 Å². The first kappa shape index (κ1) is 22.1. The normalized spacial score (nSPS) is 18.6. The van der Waals surface area contributed by atoms with Crippen molar-refractivity contribution in [3.8, 4) is 5.75 Å². The van der Waals surface area contributed by atoms with Crippen LogP contribution in [0.2, 0.25) is 5.02 Å². The summed E-state index contributed by atoms with van der Waals surface area (Å²) in [6.45, 7) is 3.36. The molecule has 166 valence electrons. The summed E-state index contributed by atoms with van der Waals surface area (Å²) in [7, 11) is 0. The lowest BCUT2D eigenvalue weighted by molar-refractivity contribution is -0.136. The Morgan fingerprint density at radius 1 is 1.10 bits per heavy atom. The number of benzene rings is 1. The third-order valence-corrected chi connectivity index (χ3v) is 7.33. The van der Waals surface area contributed by atoms with Crippen molar-refractivity contribution >= 4 is 34.8 Å². The first-order valence-corrected chi connectivity index (χ1v) is 12.1. The largest absolute Gasteiger partial charge is 0.493 e. The SMILES string of the molecule is O=C(CC1(COc2cccc(Cl)c2)CCN(C(=O)c2cncs2)CC1)N1CCCCC1. The maximum Gasteiger partial charge on any atom is 0.265 e. The highest BCUT2D eigenvalue weighted by atomic mass is 35.5. The summed E-state index contributed by atoms with van der Waals surface area (Å²) in [5.41, 5.74) is 1.39. The van der Waals surface area contributed by atoms with Crippen LogP contribution in [0.15, 0.2) is 36.0 Å². The number of likely N-dealkylation sites (tertiary alicyclic amines) is 2. The van der Waals surface area contributed by atoms with E-state index in [1.54, 1.807) is 17.8 Å². The maximum absolute atomic E-state index is 13.1. The van der Waals surface area contributed by atoms with E-state index in [9.17, 15) is 9.59 Å². The average molecular weight is 462 g/mol. The summed E-state index contributed by atoms with van der Waals surface area (Å²) in [6.07, 6.45) is 6.90. The van der Waals surface area contributed by atoms with Crippen molar-refractivity contribution in [2.75, 3.05) is 32.8 Å². The third kappa shape index (κ3) is 5.57. The maximum atomic E-state index is 13.1. The molecule has 0 aliphatic carbocycles. The highest BCUT2D eigenvalue weighted by molar-refractivity contribution is 7.11. The Hall–Kier alpha value is -2.12. The highest BCUT2D eigenvalue weighted by Crippen LogP contribution is 2.37. The number of carbonyl (C=O) groups excluding carboxylic acids is 2. The van der Waals surface area contributed by atoms with Crippen LogP contribution in [0, 0.1) is 5.41 Å². The fourth-order valence-electron chi connectivity index (χ4n) is 4.40. The number of piperidine rings is 2. The lowest BCUT2D eigenvalue weighted by atomic mass is 9.75. The van der Waals surface area contributed by atoms with Crippen LogP contribution in [0.4, 0.5) is 0 Å². The van der Waals surface area contributed by atoms with Crippen molar-refractivity contribution in [3.05, 3.63) is 45.9 Å². The van der Waals surface area contributed by atoms with Gasteiger partial charge in [0.2, 0.25) is 5.91 Å². The van der Waals surface area contributed by atoms with E-state index in [-0.39, 0.29) is 17.2 Å². The molecule has 0 atom stereocenters. The second kappa shape index (κ2) is 10.0. The molecular formula is C23H28ClN3O3S. The van der Waals surface area contributed by atoms with Crippen LogP contribution < -0.4 is 4.74 Å². The second-order valence-electron chi connectivity index (χ2n) is 8.52. The van der Waals surface area contributed by atoms with E-state index in [0.29, 0.717) is 41.8 Å². The van der Waals surface area contributed by atoms with E-state index in [2.05, 4.69) is 4.98 Å². The van der Waals surface area contributed by atoms with Crippen LogP contribution >= 0.6 is 22.9 Å². The molecule has 8 heteroatoms. The molecule has 0 spiro atoms. The summed E-state index contributed by atoms with van der Waals surface area (Å²) < 4.78 is 6.12. The molecule has 4 rings (SSSR count). The highest BCUT2D eigenvalue weighted by Gasteiger charge is 2.40. The van der Waals surface area contributed by atoms with Crippen LogP contribution in [0.25, 0.3) is 0 Å². The van der Waals surface area contributed by atoms with Crippen molar-refractivity contribution in [3.63, 3.8) is 0 Å². The Labute approximate surface area is 192 Å². The predicted molar refractivity (Wildman–Crippen MR) is 122 cm³/mol. The van der Waals surface area contributed by atoms with E-state index in [0.717, 1.165) is 38.8 Å². The monoisotopic (exact) mass is 461 g/mol. The Balaban J connectivity index is 1.44. The van der Waals surface area contributed by atoms with E-state index in [1.165, 1.54) is 17.8 Å². The summed E-state index contributed by atoms with van der Waals surface area (Å²) in [5, 5.41) is 0.626. The average Bonchev–Trinajstić information content (AvgIpc) is 3.34. The molecular weight excluding hydrogens is 434 g/mol. The minimum Gasteiger partial charge on any atom is -0.493 e. The van der Waals surface area contributed by atoms with Crippen molar-refractivity contribution in [1.29, 1.82) is 0 Å². The van der Waals surface area contributed by atoms with Crippen LogP contribution in [0.5, 0.6) is 5.75 Å². The van der Waals surface area contributed by atoms with Gasteiger partial charge in [0, 0.05) is 43.0 Å². The molecule has 2 saturated heterocycles. The molecule has 3 heterocycles. The summed E-state index contributed by atoms with van der Waals surface area (Å²) in [6, 6.07) is 7.35. The quantitative estimate of drug-likeness (QED) is 0.635. The van der Waals surface area contributed by atoms with Gasteiger partial charge in [-0.2, -0.15) is 0 Å². The van der Waals surface area contributed by atoms with Crippen LogP contribution in [-0.4, -0.2) is 59.4 Å². The molecule has 2 amide bonds. The van der Waals surface area contributed by atoms with Crippen molar-refractivity contribution in [2.24, 2.45) is 5.41 Å². The van der Waals surface area contributed by atoms with Crippen molar-refractivity contribution < 1.29 is 14.3 Å². The zero-order valence-electron chi connectivity index (χ0n) is 17.6. The van der Waals surface area contributed by atoms with Gasteiger partial charge in [-0.1, -0.05) is 17.7 Å². The van der Waals surface area contributed by atoms with Gasteiger partial charge in [0.05, 0.1) is 18.3 Å². The number of halogens is 1. The molecule has 2 aliphatic heterocycles.